The monoisotopic (exact) mass is 530 g/mol. The Balaban J connectivity index is 1.87. The number of halogens is 1. The van der Waals surface area contributed by atoms with Gasteiger partial charge in [0.05, 0.1) is 23.5 Å². The molecule has 2 N–H and O–H groups in total. The van der Waals surface area contributed by atoms with Crippen LogP contribution in [0.3, 0.4) is 0 Å². The van der Waals surface area contributed by atoms with Crippen LogP contribution in [0.25, 0.3) is 0 Å². The maximum atomic E-state index is 13.1. The lowest BCUT2D eigenvalue weighted by atomic mass is 9.85. The lowest BCUT2D eigenvalue weighted by Gasteiger charge is -2.27. The van der Waals surface area contributed by atoms with Crippen LogP contribution in [-0.4, -0.2) is 30.9 Å². The van der Waals surface area contributed by atoms with Gasteiger partial charge in [0.25, 0.3) is 5.91 Å². The number of ether oxygens (including phenoxy) is 2. The molecule has 0 atom stereocenters. The standard InChI is InChI=1S/C24H23IN2O4/c1-3-31-22-20(25)14-17(15-21(22)30-2)16-26-27-23(28)24(29,18-10-6-4-7-11-18)19-12-8-5-9-13-19/h4-16,29H,3H2,1-2H3,(H,27,28)/b26-16-. The summed E-state index contributed by atoms with van der Waals surface area (Å²) in [5, 5.41) is 15.5. The number of aliphatic hydroxyl groups is 1. The van der Waals surface area contributed by atoms with Crippen LogP contribution in [-0.2, 0) is 10.4 Å². The Hall–Kier alpha value is -2.91. The van der Waals surface area contributed by atoms with Crippen molar-refractivity contribution in [1.29, 1.82) is 0 Å². The summed E-state index contributed by atoms with van der Waals surface area (Å²) < 4.78 is 11.9. The maximum Gasteiger partial charge on any atom is 0.281 e. The number of nitrogens with zero attached hydrogens (tertiary/aromatic N) is 1. The molecule has 0 aliphatic rings. The molecule has 0 radical (unpaired) electrons. The first kappa shape index (κ1) is 22.8. The highest BCUT2D eigenvalue weighted by Gasteiger charge is 2.39. The Morgan fingerprint density at radius 3 is 2.19 bits per heavy atom. The summed E-state index contributed by atoms with van der Waals surface area (Å²) in [4.78, 5) is 13.1. The first-order valence-corrected chi connectivity index (χ1v) is 10.8. The van der Waals surface area contributed by atoms with Gasteiger partial charge in [-0.1, -0.05) is 60.7 Å². The van der Waals surface area contributed by atoms with Crippen molar-refractivity contribution in [3.63, 3.8) is 0 Å². The van der Waals surface area contributed by atoms with E-state index in [9.17, 15) is 9.90 Å². The van der Waals surface area contributed by atoms with Gasteiger partial charge in [-0.05, 0) is 58.3 Å². The number of rotatable bonds is 8. The van der Waals surface area contributed by atoms with E-state index in [1.54, 1.807) is 61.7 Å². The van der Waals surface area contributed by atoms with Gasteiger partial charge in [0.15, 0.2) is 17.1 Å². The van der Waals surface area contributed by atoms with Crippen molar-refractivity contribution in [2.75, 3.05) is 13.7 Å². The largest absolute Gasteiger partial charge is 0.493 e. The van der Waals surface area contributed by atoms with Crippen LogP contribution in [0.2, 0.25) is 0 Å². The highest BCUT2D eigenvalue weighted by atomic mass is 127. The maximum absolute atomic E-state index is 13.1. The Morgan fingerprint density at radius 1 is 1.10 bits per heavy atom. The zero-order valence-electron chi connectivity index (χ0n) is 17.2. The van der Waals surface area contributed by atoms with E-state index >= 15 is 0 Å². The second-order valence-electron chi connectivity index (χ2n) is 6.61. The number of carbonyl (C=O) groups excluding carboxylic acids is 1. The number of hydrogen-bond donors (Lipinski definition) is 2. The van der Waals surface area contributed by atoms with E-state index in [4.69, 9.17) is 9.47 Å². The third-order valence-corrected chi connectivity index (χ3v) is 5.43. The van der Waals surface area contributed by atoms with Crippen LogP contribution in [0.4, 0.5) is 0 Å². The number of nitrogens with one attached hydrogen (secondary N) is 1. The van der Waals surface area contributed by atoms with Gasteiger partial charge in [0, 0.05) is 0 Å². The van der Waals surface area contributed by atoms with Gasteiger partial charge in [-0.3, -0.25) is 4.79 Å². The van der Waals surface area contributed by atoms with Crippen molar-refractivity contribution >= 4 is 34.7 Å². The van der Waals surface area contributed by atoms with E-state index < -0.39 is 11.5 Å². The molecule has 3 aromatic rings. The van der Waals surface area contributed by atoms with Gasteiger partial charge in [0.2, 0.25) is 0 Å². The minimum Gasteiger partial charge on any atom is -0.493 e. The van der Waals surface area contributed by atoms with E-state index in [1.807, 2.05) is 25.1 Å². The summed E-state index contributed by atoms with van der Waals surface area (Å²) in [5.41, 5.74) is 2.20. The fraction of sp³-hybridized carbons (Fsp3) is 0.167. The molecule has 1 amide bonds. The average Bonchev–Trinajstić information content (AvgIpc) is 2.81. The fourth-order valence-electron chi connectivity index (χ4n) is 3.13. The number of benzene rings is 3. The molecule has 6 nitrogen and oxygen atoms in total. The van der Waals surface area contributed by atoms with Crippen molar-refractivity contribution < 1.29 is 19.4 Å². The molecule has 0 fully saturated rings. The lowest BCUT2D eigenvalue weighted by Crippen LogP contribution is -2.43. The predicted octanol–water partition coefficient (Wildman–Crippen LogP) is 4.08. The van der Waals surface area contributed by atoms with Gasteiger partial charge >= 0.3 is 0 Å². The molecule has 3 rings (SSSR count). The molecule has 7 heteroatoms. The summed E-state index contributed by atoms with van der Waals surface area (Å²) in [6.45, 7) is 2.43. The van der Waals surface area contributed by atoms with Gasteiger partial charge in [-0.25, -0.2) is 5.43 Å². The first-order valence-electron chi connectivity index (χ1n) is 9.68. The van der Waals surface area contributed by atoms with Crippen molar-refractivity contribution in [2.24, 2.45) is 5.10 Å². The van der Waals surface area contributed by atoms with E-state index in [0.717, 1.165) is 3.57 Å². The van der Waals surface area contributed by atoms with Crippen LogP contribution < -0.4 is 14.9 Å². The van der Waals surface area contributed by atoms with E-state index in [2.05, 4.69) is 33.1 Å². The van der Waals surface area contributed by atoms with E-state index in [1.165, 1.54) is 6.21 Å². The number of methoxy groups -OCH3 is 1. The molecule has 0 unspecified atom stereocenters. The summed E-state index contributed by atoms with van der Waals surface area (Å²) in [6, 6.07) is 21.2. The van der Waals surface area contributed by atoms with E-state index in [0.29, 0.717) is 34.8 Å². The summed E-state index contributed by atoms with van der Waals surface area (Å²) in [5.74, 6) is 0.578. The highest BCUT2D eigenvalue weighted by molar-refractivity contribution is 14.1. The minimum atomic E-state index is -1.88. The fourth-order valence-corrected chi connectivity index (χ4v) is 3.91. The molecule has 0 spiro atoms. The molecule has 0 saturated heterocycles. The van der Waals surface area contributed by atoms with Crippen LogP contribution in [0, 0.1) is 3.57 Å². The lowest BCUT2D eigenvalue weighted by molar-refractivity contribution is -0.136. The Labute approximate surface area is 195 Å². The number of amides is 1. The van der Waals surface area contributed by atoms with Gasteiger partial charge < -0.3 is 14.6 Å². The third-order valence-electron chi connectivity index (χ3n) is 4.63. The molecule has 0 heterocycles. The molecule has 160 valence electrons. The zero-order chi connectivity index (χ0) is 22.3. The molecule has 0 aliphatic heterocycles. The summed E-state index contributed by atoms with van der Waals surface area (Å²) in [6.07, 6.45) is 1.49. The topological polar surface area (TPSA) is 80.2 Å². The summed E-state index contributed by atoms with van der Waals surface area (Å²) >= 11 is 2.16. The average molecular weight is 530 g/mol. The number of hydrogen-bond acceptors (Lipinski definition) is 5. The van der Waals surface area contributed by atoms with Crippen molar-refractivity contribution in [2.45, 2.75) is 12.5 Å². The number of carbonyl (C=O) groups is 1. The molecule has 0 saturated carbocycles. The predicted molar refractivity (Wildman–Crippen MR) is 128 cm³/mol. The smallest absolute Gasteiger partial charge is 0.281 e. The Kier molecular flexibility index (Phi) is 7.64. The van der Waals surface area contributed by atoms with Crippen molar-refractivity contribution in [3.8, 4) is 11.5 Å². The summed E-state index contributed by atoms with van der Waals surface area (Å²) in [7, 11) is 1.57. The minimum absolute atomic E-state index is 0.450. The number of hydrazone groups is 1. The van der Waals surface area contributed by atoms with Crippen LogP contribution in [0.15, 0.2) is 77.9 Å². The molecule has 0 bridgehead atoms. The highest BCUT2D eigenvalue weighted by Crippen LogP contribution is 2.33. The third kappa shape index (κ3) is 5.05. The van der Waals surface area contributed by atoms with E-state index in [-0.39, 0.29) is 0 Å². The second kappa shape index (κ2) is 10.4. The first-order chi connectivity index (χ1) is 15.0. The van der Waals surface area contributed by atoms with Crippen LogP contribution in [0.5, 0.6) is 11.5 Å². The van der Waals surface area contributed by atoms with Gasteiger partial charge in [-0.2, -0.15) is 5.10 Å². The molecule has 0 aliphatic carbocycles. The quantitative estimate of drug-likeness (QED) is 0.261. The Bertz CT molecular complexity index is 1020. The SMILES string of the molecule is CCOc1c(I)cc(/C=N\NC(=O)C(O)(c2ccccc2)c2ccccc2)cc1OC. The normalized spacial score (nSPS) is 11.4. The molecule has 31 heavy (non-hydrogen) atoms. The zero-order valence-corrected chi connectivity index (χ0v) is 19.4. The van der Waals surface area contributed by atoms with Gasteiger partial charge in [0.1, 0.15) is 0 Å². The van der Waals surface area contributed by atoms with Crippen LogP contribution in [0.1, 0.15) is 23.6 Å². The molecular weight excluding hydrogens is 507 g/mol. The van der Waals surface area contributed by atoms with Crippen molar-refractivity contribution in [3.05, 3.63) is 93.1 Å². The van der Waals surface area contributed by atoms with Gasteiger partial charge in [-0.15, -0.1) is 0 Å². The second-order valence-corrected chi connectivity index (χ2v) is 7.77. The molecule has 0 aromatic heterocycles. The molecular formula is C24H23IN2O4. The molecule has 3 aromatic carbocycles. The Morgan fingerprint density at radius 2 is 1.68 bits per heavy atom. The van der Waals surface area contributed by atoms with Crippen LogP contribution >= 0.6 is 22.6 Å². The van der Waals surface area contributed by atoms with Crippen molar-refractivity contribution in [1.82, 2.24) is 5.43 Å².